The maximum Gasteiger partial charge on any atom is 0.323 e. The number of nitriles is 1. The molecule has 0 saturated heterocycles. The predicted octanol–water partition coefficient (Wildman–Crippen LogP) is 3.24. The fourth-order valence-electron chi connectivity index (χ4n) is 1.36. The van der Waals surface area contributed by atoms with Crippen molar-refractivity contribution < 1.29 is 9.53 Å². The number of halogens is 2. The fraction of sp³-hybridized carbons (Fsp3) is 0.333. The molecular formula is C12H11Cl2NO2. The quantitative estimate of drug-likeness (QED) is 0.790. The maximum absolute atomic E-state index is 11.5. The normalized spacial score (nSPS) is 11.6. The number of carbonyl (C=O) groups is 1. The van der Waals surface area contributed by atoms with E-state index in [1.54, 1.807) is 25.1 Å². The number of esters is 1. The van der Waals surface area contributed by atoms with Crippen LogP contribution in [0.25, 0.3) is 0 Å². The first-order valence-electron chi connectivity index (χ1n) is 5.09. The molecule has 0 radical (unpaired) electrons. The van der Waals surface area contributed by atoms with Gasteiger partial charge < -0.3 is 4.74 Å². The number of rotatable bonds is 4. The topological polar surface area (TPSA) is 50.1 Å². The lowest BCUT2D eigenvalue weighted by atomic mass is 10.0. The van der Waals surface area contributed by atoms with Gasteiger partial charge in [0.05, 0.1) is 12.7 Å². The first-order valence-corrected chi connectivity index (χ1v) is 5.84. The number of nitrogens with zero attached hydrogens (tertiary/aromatic N) is 1. The molecule has 0 bridgehead atoms. The molecule has 1 atom stereocenters. The lowest BCUT2D eigenvalue weighted by Gasteiger charge is -2.10. The summed E-state index contributed by atoms with van der Waals surface area (Å²) in [5, 5.41) is 9.82. The van der Waals surface area contributed by atoms with Crippen LogP contribution in [0.3, 0.4) is 0 Å². The van der Waals surface area contributed by atoms with Crippen LogP contribution >= 0.6 is 23.2 Å². The summed E-state index contributed by atoms with van der Waals surface area (Å²) >= 11 is 11.9. The first kappa shape index (κ1) is 13.8. The summed E-state index contributed by atoms with van der Waals surface area (Å²) in [4.78, 5) is 11.5. The number of ether oxygens (including phenoxy) is 1. The summed E-state index contributed by atoms with van der Waals surface area (Å²) in [6.07, 6.45) is 0.161. The lowest BCUT2D eigenvalue weighted by Crippen LogP contribution is -2.18. The number of carbonyl (C=O) groups excluding carboxylic acids is 1. The zero-order chi connectivity index (χ0) is 12.8. The van der Waals surface area contributed by atoms with Crippen molar-refractivity contribution in [2.45, 2.75) is 13.3 Å². The van der Waals surface area contributed by atoms with Crippen LogP contribution in [0.15, 0.2) is 18.2 Å². The van der Waals surface area contributed by atoms with Gasteiger partial charge in [0.15, 0.2) is 0 Å². The summed E-state index contributed by atoms with van der Waals surface area (Å²) < 4.78 is 4.80. The molecule has 0 aliphatic heterocycles. The van der Waals surface area contributed by atoms with E-state index in [4.69, 9.17) is 33.2 Å². The molecule has 0 aromatic heterocycles. The SMILES string of the molecule is CCOC(=O)C(C#N)Cc1c(Cl)cccc1Cl. The number of hydrogen-bond acceptors (Lipinski definition) is 3. The summed E-state index contributed by atoms with van der Waals surface area (Å²) in [6.45, 7) is 1.93. The largest absolute Gasteiger partial charge is 0.465 e. The second-order valence-corrected chi connectivity index (χ2v) is 4.15. The predicted molar refractivity (Wildman–Crippen MR) is 65.9 cm³/mol. The van der Waals surface area contributed by atoms with Crippen molar-refractivity contribution in [2.75, 3.05) is 6.61 Å². The number of benzene rings is 1. The van der Waals surface area contributed by atoms with Crippen molar-refractivity contribution in [3.63, 3.8) is 0 Å². The Kier molecular flexibility index (Phi) is 5.27. The van der Waals surface area contributed by atoms with Crippen LogP contribution in [0.4, 0.5) is 0 Å². The van der Waals surface area contributed by atoms with Crippen molar-refractivity contribution >= 4 is 29.2 Å². The highest BCUT2D eigenvalue weighted by molar-refractivity contribution is 6.36. The van der Waals surface area contributed by atoms with Gasteiger partial charge in [-0.1, -0.05) is 29.3 Å². The van der Waals surface area contributed by atoms with Gasteiger partial charge in [0.1, 0.15) is 5.92 Å². The third kappa shape index (κ3) is 3.62. The third-order valence-electron chi connectivity index (χ3n) is 2.20. The van der Waals surface area contributed by atoms with Crippen molar-refractivity contribution in [1.29, 1.82) is 5.26 Å². The van der Waals surface area contributed by atoms with Gasteiger partial charge in [-0.25, -0.2) is 0 Å². The lowest BCUT2D eigenvalue weighted by molar-refractivity contribution is -0.145. The monoisotopic (exact) mass is 271 g/mol. The molecule has 0 heterocycles. The summed E-state index contributed by atoms with van der Waals surface area (Å²) in [5.74, 6) is -1.43. The molecule has 0 saturated carbocycles. The Hall–Kier alpha value is -1.24. The maximum atomic E-state index is 11.5. The van der Waals surface area contributed by atoms with Gasteiger partial charge in [-0.3, -0.25) is 4.79 Å². The van der Waals surface area contributed by atoms with Crippen LogP contribution in [0, 0.1) is 17.2 Å². The molecule has 0 aliphatic carbocycles. The van der Waals surface area contributed by atoms with Gasteiger partial charge in [0.2, 0.25) is 0 Å². The highest BCUT2D eigenvalue weighted by Gasteiger charge is 2.22. The van der Waals surface area contributed by atoms with E-state index in [1.807, 2.05) is 6.07 Å². The first-order chi connectivity index (χ1) is 8.10. The smallest absolute Gasteiger partial charge is 0.323 e. The highest BCUT2D eigenvalue weighted by Crippen LogP contribution is 2.27. The minimum absolute atomic E-state index is 0.161. The molecule has 0 spiro atoms. The molecule has 3 nitrogen and oxygen atoms in total. The van der Waals surface area contributed by atoms with Gasteiger partial charge >= 0.3 is 5.97 Å². The van der Waals surface area contributed by atoms with Crippen LogP contribution in [-0.2, 0) is 16.0 Å². The van der Waals surface area contributed by atoms with Crippen molar-refractivity contribution in [3.8, 4) is 6.07 Å². The second-order valence-electron chi connectivity index (χ2n) is 3.34. The van der Waals surface area contributed by atoms with E-state index in [0.29, 0.717) is 15.6 Å². The molecule has 1 unspecified atom stereocenters. The Balaban J connectivity index is 2.89. The third-order valence-corrected chi connectivity index (χ3v) is 2.91. The average Bonchev–Trinajstić information content (AvgIpc) is 2.29. The zero-order valence-corrected chi connectivity index (χ0v) is 10.8. The molecule has 0 aliphatic rings. The van der Waals surface area contributed by atoms with Crippen LogP contribution in [0.2, 0.25) is 10.0 Å². The van der Waals surface area contributed by atoms with Gasteiger partial charge in [-0.15, -0.1) is 0 Å². The van der Waals surface area contributed by atoms with E-state index in [-0.39, 0.29) is 13.0 Å². The van der Waals surface area contributed by atoms with Crippen molar-refractivity contribution in [3.05, 3.63) is 33.8 Å². The zero-order valence-electron chi connectivity index (χ0n) is 9.24. The summed E-state index contributed by atoms with van der Waals surface area (Å²) in [6, 6.07) is 6.94. The van der Waals surface area contributed by atoms with Gasteiger partial charge in [0.25, 0.3) is 0 Å². The van der Waals surface area contributed by atoms with Crippen molar-refractivity contribution in [2.24, 2.45) is 5.92 Å². The van der Waals surface area contributed by atoms with Gasteiger partial charge in [0, 0.05) is 16.5 Å². The highest BCUT2D eigenvalue weighted by atomic mass is 35.5. The Labute approximate surface area is 110 Å². The molecule has 1 aromatic rings. The summed E-state index contributed by atoms with van der Waals surface area (Å²) in [7, 11) is 0. The van der Waals surface area contributed by atoms with E-state index >= 15 is 0 Å². The average molecular weight is 272 g/mol. The minimum Gasteiger partial charge on any atom is -0.465 e. The van der Waals surface area contributed by atoms with E-state index in [1.165, 1.54) is 0 Å². The second kappa shape index (κ2) is 6.48. The molecule has 0 amide bonds. The van der Waals surface area contributed by atoms with E-state index in [9.17, 15) is 4.79 Å². The summed E-state index contributed by atoms with van der Waals surface area (Å²) in [5.41, 5.74) is 0.593. The van der Waals surface area contributed by atoms with Crippen LogP contribution in [-0.4, -0.2) is 12.6 Å². The molecule has 0 N–H and O–H groups in total. The Morgan fingerprint density at radius 1 is 1.47 bits per heavy atom. The molecule has 1 rings (SSSR count). The molecule has 90 valence electrons. The molecule has 5 heteroatoms. The van der Waals surface area contributed by atoms with Crippen molar-refractivity contribution in [1.82, 2.24) is 0 Å². The molecule has 17 heavy (non-hydrogen) atoms. The van der Waals surface area contributed by atoms with Crippen LogP contribution in [0.5, 0.6) is 0 Å². The van der Waals surface area contributed by atoms with E-state index in [2.05, 4.69) is 0 Å². The van der Waals surface area contributed by atoms with Gasteiger partial charge in [-0.2, -0.15) is 5.26 Å². The van der Waals surface area contributed by atoms with Crippen LogP contribution < -0.4 is 0 Å². The van der Waals surface area contributed by atoms with Gasteiger partial charge in [-0.05, 0) is 24.6 Å². The van der Waals surface area contributed by atoms with E-state index < -0.39 is 11.9 Å². The van der Waals surface area contributed by atoms with Crippen LogP contribution in [0.1, 0.15) is 12.5 Å². The molecule has 1 aromatic carbocycles. The Morgan fingerprint density at radius 3 is 2.53 bits per heavy atom. The van der Waals surface area contributed by atoms with E-state index in [0.717, 1.165) is 0 Å². The minimum atomic E-state index is -0.882. The Morgan fingerprint density at radius 2 is 2.06 bits per heavy atom. The molecular weight excluding hydrogens is 261 g/mol. The standard InChI is InChI=1S/C12H11Cl2NO2/c1-2-17-12(16)8(7-15)6-9-10(13)4-3-5-11(9)14/h3-5,8H,2,6H2,1H3. The Bertz CT molecular complexity index is 434. The number of hydrogen-bond donors (Lipinski definition) is 0. The molecule has 0 fully saturated rings. The fourth-order valence-corrected chi connectivity index (χ4v) is 1.91.